The van der Waals surface area contributed by atoms with Crippen molar-refractivity contribution in [1.29, 1.82) is 0 Å². The third-order valence-corrected chi connectivity index (χ3v) is 4.25. The first kappa shape index (κ1) is 17.9. The molecule has 0 unspecified atom stereocenters. The highest BCUT2D eigenvalue weighted by Crippen LogP contribution is 2.18. The lowest BCUT2D eigenvalue weighted by atomic mass is 10.2. The van der Waals surface area contributed by atoms with Crippen LogP contribution >= 0.6 is 11.6 Å². The molecular formula is C20H19ClN4O. The van der Waals surface area contributed by atoms with Crippen LogP contribution in [0.25, 0.3) is 0 Å². The minimum Gasteiger partial charge on any atom is -0.366 e. The van der Waals surface area contributed by atoms with E-state index in [2.05, 4.69) is 20.6 Å². The third kappa shape index (κ3) is 4.37. The molecule has 0 aliphatic carbocycles. The molecule has 3 rings (SSSR count). The number of hydrogen-bond acceptors (Lipinski definition) is 4. The van der Waals surface area contributed by atoms with Crippen LogP contribution in [0.4, 0.5) is 11.5 Å². The Bertz CT molecular complexity index is 943. The first-order valence-electron chi connectivity index (χ1n) is 8.23. The Morgan fingerprint density at radius 3 is 2.54 bits per heavy atom. The van der Waals surface area contributed by atoms with Gasteiger partial charge in [-0.05, 0) is 37.1 Å². The summed E-state index contributed by atoms with van der Waals surface area (Å²) in [4.78, 5) is 21.1. The Kier molecular flexibility index (Phi) is 5.49. The topological polar surface area (TPSA) is 66.9 Å². The molecule has 0 fully saturated rings. The van der Waals surface area contributed by atoms with Gasteiger partial charge in [-0.25, -0.2) is 9.97 Å². The average molecular weight is 367 g/mol. The van der Waals surface area contributed by atoms with Crippen molar-refractivity contribution < 1.29 is 4.79 Å². The number of nitrogens with one attached hydrogen (secondary N) is 2. The van der Waals surface area contributed by atoms with Crippen LogP contribution < -0.4 is 10.6 Å². The fraction of sp³-hybridized carbons (Fsp3) is 0.150. The molecule has 1 heterocycles. The van der Waals surface area contributed by atoms with Crippen LogP contribution in [0.2, 0.25) is 5.02 Å². The maximum Gasteiger partial charge on any atom is 0.274 e. The molecule has 0 bridgehead atoms. The van der Waals surface area contributed by atoms with E-state index in [1.807, 2.05) is 55.5 Å². The van der Waals surface area contributed by atoms with Gasteiger partial charge < -0.3 is 10.6 Å². The summed E-state index contributed by atoms with van der Waals surface area (Å²) in [5.41, 5.74) is 3.02. The van der Waals surface area contributed by atoms with Gasteiger partial charge in [0.05, 0.1) is 0 Å². The Morgan fingerprint density at radius 2 is 1.77 bits per heavy atom. The summed E-state index contributed by atoms with van der Waals surface area (Å²) < 4.78 is 0. The van der Waals surface area contributed by atoms with E-state index in [4.69, 9.17) is 11.6 Å². The van der Waals surface area contributed by atoms with Gasteiger partial charge in [0, 0.05) is 23.3 Å². The van der Waals surface area contributed by atoms with Gasteiger partial charge in [0.25, 0.3) is 5.91 Å². The van der Waals surface area contributed by atoms with Crippen molar-refractivity contribution in [1.82, 2.24) is 9.97 Å². The zero-order valence-electron chi connectivity index (χ0n) is 14.6. The van der Waals surface area contributed by atoms with E-state index >= 15 is 0 Å². The minimum atomic E-state index is -0.273. The highest BCUT2D eigenvalue weighted by atomic mass is 35.5. The second-order valence-corrected chi connectivity index (χ2v) is 6.31. The van der Waals surface area contributed by atoms with E-state index < -0.39 is 0 Å². The number of carbonyl (C=O) groups is 1. The first-order valence-corrected chi connectivity index (χ1v) is 8.60. The number of aryl methyl sites for hydroxylation is 2. The average Bonchev–Trinajstić information content (AvgIpc) is 2.62. The van der Waals surface area contributed by atoms with E-state index in [0.29, 0.717) is 28.9 Å². The summed E-state index contributed by atoms with van der Waals surface area (Å²) in [7, 11) is 0. The van der Waals surface area contributed by atoms with Crippen molar-refractivity contribution in [3.05, 3.63) is 82.3 Å². The zero-order chi connectivity index (χ0) is 18.5. The summed E-state index contributed by atoms with van der Waals surface area (Å²) in [5, 5.41) is 6.77. The normalized spacial score (nSPS) is 10.4. The molecule has 1 amide bonds. The van der Waals surface area contributed by atoms with E-state index in [9.17, 15) is 4.79 Å². The van der Waals surface area contributed by atoms with Crippen molar-refractivity contribution in [2.24, 2.45) is 0 Å². The van der Waals surface area contributed by atoms with E-state index in [1.165, 1.54) is 0 Å². The smallest absolute Gasteiger partial charge is 0.274 e. The van der Waals surface area contributed by atoms with Crippen LogP contribution in [0.3, 0.4) is 0 Å². The third-order valence-electron chi connectivity index (χ3n) is 3.88. The second-order valence-electron chi connectivity index (χ2n) is 5.90. The number of rotatable bonds is 5. The van der Waals surface area contributed by atoms with Gasteiger partial charge in [-0.3, -0.25) is 4.79 Å². The van der Waals surface area contributed by atoms with Gasteiger partial charge >= 0.3 is 0 Å². The van der Waals surface area contributed by atoms with E-state index in [0.717, 1.165) is 16.8 Å². The molecule has 0 radical (unpaired) electrons. The number of halogens is 1. The molecule has 2 aromatic carbocycles. The van der Waals surface area contributed by atoms with Gasteiger partial charge in [-0.2, -0.15) is 0 Å². The Morgan fingerprint density at radius 1 is 1.04 bits per heavy atom. The number of nitrogens with zero attached hydrogens (tertiary/aromatic N) is 2. The van der Waals surface area contributed by atoms with Gasteiger partial charge in [0.1, 0.15) is 17.3 Å². The lowest BCUT2D eigenvalue weighted by Crippen LogP contribution is -2.16. The Labute approximate surface area is 157 Å². The molecule has 0 atom stereocenters. The predicted octanol–water partition coefficient (Wildman–Crippen LogP) is 4.61. The summed E-state index contributed by atoms with van der Waals surface area (Å²) in [5.74, 6) is 0.821. The van der Waals surface area contributed by atoms with Crippen molar-refractivity contribution >= 4 is 29.0 Å². The molecule has 0 aliphatic rings. The molecule has 1 aromatic heterocycles. The Hall–Kier alpha value is -2.92. The number of aromatic nitrogens is 2. The van der Waals surface area contributed by atoms with Gasteiger partial charge in [0.2, 0.25) is 0 Å². The number of benzene rings is 2. The summed E-state index contributed by atoms with van der Waals surface area (Å²) in [6.45, 7) is 4.21. The SMILES string of the molecule is Cc1nc(NCc2ccccc2Cl)cc(C(=O)Nc2ccccc2C)n1. The number of amides is 1. The van der Waals surface area contributed by atoms with E-state index in [1.54, 1.807) is 13.0 Å². The number of hydrogen-bond donors (Lipinski definition) is 2. The highest BCUT2D eigenvalue weighted by Gasteiger charge is 2.12. The van der Waals surface area contributed by atoms with Gasteiger partial charge in [0.15, 0.2) is 0 Å². The van der Waals surface area contributed by atoms with Crippen LogP contribution in [0.15, 0.2) is 54.6 Å². The van der Waals surface area contributed by atoms with Gasteiger partial charge in [-0.15, -0.1) is 0 Å². The van der Waals surface area contributed by atoms with Crippen LogP contribution in [0.1, 0.15) is 27.4 Å². The molecule has 3 aromatic rings. The largest absolute Gasteiger partial charge is 0.366 e. The summed E-state index contributed by atoms with van der Waals surface area (Å²) in [6.07, 6.45) is 0. The lowest BCUT2D eigenvalue weighted by molar-refractivity contribution is 0.102. The summed E-state index contributed by atoms with van der Waals surface area (Å²) >= 11 is 6.17. The molecule has 6 heteroatoms. The van der Waals surface area contributed by atoms with Gasteiger partial charge in [-0.1, -0.05) is 48.0 Å². The van der Waals surface area contributed by atoms with Crippen molar-refractivity contribution in [2.45, 2.75) is 20.4 Å². The van der Waals surface area contributed by atoms with Crippen molar-refractivity contribution in [2.75, 3.05) is 10.6 Å². The second kappa shape index (κ2) is 7.97. The maximum atomic E-state index is 12.5. The van der Waals surface area contributed by atoms with Crippen LogP contribution in [0, 0.1) is 13.8 Å². The fourth-order valence-corrected chi connectivity index (χ4v) is 2.70. The molecular weight excluding hydrogens is 348 g/mol. The van der Waals surface area contributed by atoms with Crippen molar-refractivity contribution in [3.63, 3.8) is 0 Å². The number of para-hydroxylation sites is 1. The molecule has 5 nitrogen and oxygen atoms in total. The molecule has 0 saturated heterocycles. The predicted molar refractivity (Wildman–Crippen MR) is 105 cm³/mol. The van der Waals surface area contributed by atoms with Crippen LogP contribution in [-0.2, 0) is 6.54 Å². The molecule has 0 aliphatic heterocycles. The molecule has 2 N–H and O–H groups in total. The monoisotopic (exact) mass is 366 g/mol. The zero-order valence-corrected chi connectivity index (χ0v) is 15.3. The fourth-order valence-electron chi connectivity index (χ4n) is 2.50. The lowest BCUT2D eigenvalue weighted by Gasteiger charge is -2.11. The molecule has 0 spiro atoms. The Balaban J connectivity index is 1.76. The highest BCUT2D eigenvalue weighted by molar-refractivity contribution is 6.31. The standard InChI is InChI=1S/C20H19ClN4O/c1-13-7-3-6-10-17(13)25-20(26)18-11-19(24-14(2)23-18)22-12-15-8-4-5-9-16(15)21/h3-11H,12H2,1-2H3,(H,25,26)(H,22,23,24). The molecule has 26 heavy (non-hydrogen) atoms. The number of carbonyl (C=O) groups excluding carboxylic acids is 1. The minimum absolute atomic E-state index is 0.273. The van der Waals surface area contributed by atoms with Crippen molar-refractivity contribution in [3.8, 4) is 0 Å². The summed E-state index contributed by atoms with van der Waals surface area (Å²) in [6, 6.07) is 16.8. The molecule has 0 saturated carbocycles. The quantitative estimate of drug-likeness (QED) is 0.691. The van der Waals surface area contributed by atoms with E-state index in [-0.39, 0.29) is 5.91 Å². The van der Waals surface area contributed by atoms with Crippen LogP contribution in [0.5, 0.6) is 0 Å². The number of anilines is 2. The first-order chi connectivity index (χ1) is 12.5. The van der Waals surface area contributed by atoms with Crippen LogP contribution in [-0.4, -0.2) is 15.9 Å². The molecule has 132 valence electrons. The maximum absolute atomic E-state index is 12.5.